The zero-order valence-corrected chi connectivity index (χ0v) is 13.5. The van der Waals surface area contributed by atoms with Gasteiger partial charge in [-0.2, -0.15) is 0 Å². The monoisotopic (exact) mass is 342 g/mol. The maximum Gasteiger partial charge on any atom is 0.293 e. The number of hydrogen-bond acceptors (Lipinski definition) is 6. The average Bonchev–Trinajstić information content (AvgIpc) is 2.67. The number of amides is 1. The van der Waals surface area contributed by atoms with Gasteiger partial charge in [-0.25, -0.2) is 5.48 Å². The van der Waals surface area contributed by atoms with Gasteiger partial charge in [0.05, 0.1) is 10.5 Å². The van der Waals surface area contributed by atoms with Crippen LogP contribution in [0.5, 0.6) is 0 Å². The Morgan fingerprint density at radius 2 is 1.64 bits per heavy atom. The maximum absolute atomic E-state index is 11.9. The van der Waals surface area contributed by atoms with Gasteiger partial charge in [-0.1, -0.05) is 24.3 Å². The predicted molar refractivity (Wildman–Crippen MR) is 93.2 cm³/mol. The van der Waals surface area contributed by atoms with Gasteiger partial charge in [-0.05, 0) is 18.2 Å². The zero-order valence-electron chi connectivity index (χ0n) is 13.5. The number of nitrogens with one attached hydrogen (secondary N) is 1. The number of para-hydroxylation sites is 2. The fourth-order valence-electron chi connectivity index (χ4n) is 3.08. The van der Waals surface area contributed by atoms with Crippen LogP contribution in [0.15, 0.2) is 48.5 Å². The van der Waals surface area contributed by atoms with E-state index in [9.17, 15) is 14.9 Å². The molecule has 1 amide bonds. The van der Waals surface area contributed by atoms with Crippen molar-refractivity contribution in [3.8, 4) is 0 Å². The second kappa shape index (κ2) is 7.18. The molecule has 1 heterocycles. The van der Waals surface area contributed by atoms with Crippen molar-refractivity contribution in [1.82, 2.24) is 5.48 Å². The Morgan fingerprint density at radius 1 is 1.00 bits per heavy atom. The molecule has 8 heteroatoms. The first-order chi connectivity index (χ1) is 12.1. The molecule has 0 saturated carbocycles. The Balaban J connectivity index is 1.87. The Hall–Kier alpha value is -3.13. The summed E-state index contributed by atoms with van der Waals surface area (Å²) in [6, 6.07) is 14.2. The molecule has 2 aromatic carbocycles. The lowest BCUT2D eigenvalue weighted by Crippen LogP contribution is -2.47. The van der Waals surface area contributed by atoms with Gasteiger partial charge in [0.25, 0.3) is 11.6 Å². The van der Waals surface area contributed by atoms with Crippen molar-refractivity contribution in [2.24, 2.45) is 0 Å². The fraction of sp³-hybridized carbons (Fsp3) is 0.235. The van der Waals surface area contributed by atoms with E-state index in [0.29, 0.717) is 26.2 Å². The molecule has 1 fully saturated rings. The van der Waals surface area contributed by atoms with Crippen LogP contribution in [0.2, 0.25) is 0 Å². The topological polar surface area (TPSA) is 98.9 Å². The van der Waals surface area contributed by atoms with Crippen molar-refractivity contribution in [2.75, 3.05) is 36.0 Å². The van der Waals surface area contributed by atoms with Crippen molar-refractivity contribution >= 4 is 23.0 Å². The molecule has 0 unspecified atom stereocenters. The molecule has 8 nitrogen and oxygen atoms in total. The van der Waals surface area contributed by atoms with Crippen LogP contribution >= 0.6 is 0 Å². The Bertz CT molecular complexity index is 773. The third kappa shape index (κ3) is 3.38. The highest BCUT2D eigenvalue weighted by Gasteiger charge is 2.28. The molecule has 2 N–H and O–H groups in total. The number of piperazine rings is 1. The number of nitrogens with zero attached hydrogens (tertiary/aromatic N) is 3. The summed E-state index contributed by atoms with van der Waals surface area (Å²) in [7, 11) is 0. The van der Waals surface area contributed by atoms with E-state index >= 15 is 0 Å². The molecule has 0 bridgehead atoms. The van der Waals surface area contributed by atoms with Crippen LogP contribution in [0, 0.1) is 10.1 Å². The third-order valence-corrected chi connectivity index (χ3v) is 4.27. The number of nitro benzene ring substituents is 1. The van der Waals surface area contributed by atoms with Crippen molar-refractivity contribution in [2.45, 2.75) is 0 Å². The Kier molecular flexibility index (Phi) is 4.80. The van der Waals surface area contributed by atoms with Crippen molar-refractivity contribution in [3.63, 3.8) is 0 Å². The normalized spacial score (nSPS) is 14.3. The van der Waals surface area contributed by atoms with Crippen LogP contribution in [0.4, 0.5) is 17.1 Å². The molecular formula is C17H18N4O4. The number of anilines is 2. The highest BCUT2D eigenvalue weighted by Crippen LogP contribution is 2.33. The number of nitro groups is 1. The number of benzene rings is 2. The van der Waals surface area contributed by atoms with E-state index in [4.69, 9.17) is 5.21 Å². The minimum atomic E-state index is -0.760. The summed E-state index contributed by atoms with van der Waals surface area (Å²) >= 11 is 0. The molecule has 3 rings (SSSR count). The van der Waals surface area contributed by atoms with Gasteiger partial charge in [0.15, 0.2) is 0 Å². The van der Waals surface area contributed by atoms with E-state index < -0.39 is 10.8 Å². The van der Waals surface area contributed by atoms with Crippen LogP contribution in [-0.2, 0) is 0 Å². The third-order valence-electron chi connectivity index (χ3n) is 4.27. The van der Waals surface area contributed by atoms with Crippen molar-refractivity contribution in [1.29, 1.82) is 0 Å². The summed E-state index contributed by atoms with van der Waals surface area (Å²) in [5, 5.41) is 20.3. The minimum absolute atomic E-state index is 0.0878. The number of rotatable bonds is 4. The van der Waals surface area contributed by atoms with Gasteiger partial charge >= 0.3 is 0 Å². The molecule has 0 radical (unpaired) electrons. The molecule has 0 aliphatic carbocycles. The quantitative estimate of drug-likeness (QED) is 0.501. The lowest BCUT2D eigenvalue weighted by atomic mass is 10.1. The van der Waals surface area contributed by atoms with Gasteiger partial charge in [0.2, 0.25) is 0 Å². The first kappa shape index (κ1) is 16.7. The van der Waals surface area contributed by atoms with E-state index in [0.717, 1.165) is 5.69 Å². The summed E-state index contributed by atoms with van der Waals surface area (Å²) in [6.45, 7) is 2.42. The number of hydroxylamine groups is 1. The van der Waals surface area contributed by atoms with Crippen LogP contribution in [-0.4, -0.2) is 42.2 Å². The van der Waals surface area contributed by atoms with Gasteiger partial charge in [0, 0.05) is 37.9 Å². The second-order valence-electron chi connectivity index (χ2n) is 5.68. The molecule has 1 aliphatic heterocycles. The highest BCUT2D eigenvalue weighted by atomic mass is 16.6. The molecule has 0 atom stereocenters. The first-order valence-electron chi connectivity index (χ1n) is 7.88. The van der Waals surface area contributed by atoms with Gasteiger partial charge in [-0.3, -0.25) is 20.1 Å². The average molecular weight is 342 g/mol. The van der Waals surface area contributed by atoms with E-state index in [-0.39, 0.29) is 16.9 Å². The minimum Gasteiger partial charge on any atom is -0.368 e. The van der Waals surface area contributed by atoms with Crippen LogP contribution < -0.4 is 15.3 Å². The van der Waals surface area contributed by atoms with E-state index in [1.165, 1.54) is 18.2 Å². The molecule has 1 saturated heterocycles. The molecule has 25 heavy (non-hydrogen) atoms. The van der Waals surface area contributed by atoms with Crippen LogP contribution in [0.1, 0.15) is 10.4 Å². The second-order valence-corrected chi connectivity index (χ2v) is 5.68. The first-order valence-corrected chi connectivity index (χ1v) is 7.88. The number of carbonyl (C=O) groups excluding carboxylic acids is 1. The highest BCUT2D eigenvalue weighted by molar-refractivity contribution is 6.01. The van der Waals surface area contributed by atoms with Crippen LogP contribution in [0.25, 0.3) is 0 Å². The van der Waals surface area contributed by atoms with Crippen molar-refractivity contribution < 1.29 is 14.9 Å². The molecule has 130 valence electrons. The molecule has 0 aromatic heterocycles. The smallest absolute Gasteiger partial charge is 0.293 e. The summed E-state index contributed by atoms with van der Waals surface area (Å²) in [5.41, 5.74) is 2.84. The molecule has 2 aromatic rings. The van der Waals surface area contributed by atoms with Crippen LogP contribution in [0.3, 0.4) is 0 Å². The van der Waals surface area contributed by atoms with E-state index in [1.807, 2.05) is 35.2 Å². The van der Waals surface area contributed by atoms with Gasteiger partial charge < -0.3 is 9.80 Å². The summed E-state index contributed by atoms with van der Waals surface area (Å²) in [6.07, 6.45) is 0. The maximum atomic E-state index is 11.9. The van der Waals surface area contributed by atoms with E-state index in [2.05, 4.69) is 4.90 Å². The summed E-state index contributed by atoms with van der Waals surface area (Å²) in [4.78, 5) is 26.8. The Labute approximate surface area is 144 Å². The van der Waals surface area contributed by atoms with Gasteiger partial charge in [-0.15, -0.1) is 0 Å². The molecule has 0 spiro atoms. The predicted octanol–water partition coefficient (Wildman–Crippen LogP) is 2.04. The molecule has 1 aliphatic rings. The standard InChI is InChI=1S/C17H18N4O4/c22-17(18-23)14-7-4-8-15(21(24)25)16(14)20-11-9-19(10-12-20)13-5-2-1-3-6-13/h1-8,23H,9-12H2,(H,18,22). The summed E-state index contributed by atoms with van der Waals surface area (Å²) < 4.78 is 0. The number of hydrogen-bond donors (Lipinski definition) is 2. The van der Waals surface area contributed by atoms with Gasteiger partial charge in [0.1, 0.15) is 5.69 Å². The summed E-state index contributed by atoms with van der Waals surface area (Å²) in [5.74, 6) is -0.760. The Morgan fingerprint density at radius 3 is 2.24 bits per heavy atom. The molecular weight excluding hydrogens is 324 g/mol. The van der Waals surface area contributed by atoms with E-state index in [1.54, 1.807) is 5.48 Å². The number of carbonyl (C=O) groups is 1. The lowest BCUT2D eigenvalue weighted by Gasteiger charge is -2.37. The fourth-order valence-corrected chi connectivity index (χ4v) is 3.08. The largest absolute Gasteiger partial charge is 0.368 e. The SMILES string of the molecule is O=C(NO)c1cccc([N+](=O)[O-])c1N1CCN(c2ccccc2)CC1. The van der Waals surface area contributed by atoms with Crippen molar-refractivity contribution in [3.05, 3.63) is 64.2 Å². The lowest BCUT2D eigenvalue weighted by molar-refractivity contribution is -0.384. The zero-order chi connectivity index (χ0) is 17.8.